The van der Waals surface area contributed by atoms with Crippen LogP contribution in [0.3, 0.4) is 0 Å². The van der Waals surface area contributed by atoms with Crippen molar-refractivity contribution in [2.75, 3.05) is 12.3 Å². The molecule has 2 radical (unpaired) electrons. The van der Waals surface area contributed by atoms with Crippen LogP contribution in [-0.2, 0) is 6.54 Å². The van der Waals surface area contributed by atoms with Gasteiger partial charge in [0, 0.05) is 16.9 Å². The van der Waals surface area contributed by atoms with Gasteiger partial charge in [0.25, 0.3) is 0 Å². The van der Waals surface area contributed by atoms with E-state index in [-0.39, 0.29) is 5.43 Å². The maximum absolute atomic E-state index is 12.6. The molecule has 0 amide bonds. The largest absolute Gasteiger partial charge is 0.437 e. The van der Waals surface area contributed by atoms with Crippen molar-refractivity contribution in [2.24, 2.45) is 0 Å². The third-order valence-corrected chi connectivity index (χ3v) is 5.38. The molecule has 1 aromatic carbocycles. The van der Waals surface area contributed by atoms with E-state index in [4.69, 9.17) is 7.98 Å². The van der Waals surface area contributed by atoms with E-state index in [1.807, 2.05) is 30.6 Å². The van der Waals surface area contributed by atoms with Crippen LogP contribution in [0.4, 0.5) is 5.69 Å². The summed E-state index contributed by atoms with van der Waals surface area (Å²) in [5, 5.41) is 9.18. The zero-order valence-electron chi connectivity index (χ0n) is 10.3. The van der Waals surface area contributed by atoms with E-state index < -0.39 is 0 Å². The summed E-state index contributed by atoms with van der Waals surface area (Å²) in [4.78, 5) is 12.6. The van der Waals surface area contributed by atoms with Gasteiger partial charge in [0.2, 0.25) is 7.98 Å². The number of hydrogen-bond donors (Lipinski definition) is 2. The molecule has 19 heavy (non-hydrogen) atoms. The molecule has 0 saturated carbocycles. The zero-order valence-corrected chi connectivity index (χ0v) is 12.0. The normalized spacial score (nSPS) is 11.2. The van der Waals surface area contributed by atoms with Gasteiger partial charge in [-0.15, -0.1) is 22.7 Å². The lowest BCUT2D eigenvalue weighted by Gasteiger charge is -2.10. The Kier molecular flexibility index (Phi) is 3.30. The number of anilines is 1. The molecule has 94 valence electrons. The fourth-order valence-electron chi connectivity index (χ4n) is 2.19. The van der Waals surface area contributed by atoms with Gasteiger partial charge in [-0.25, -0.2) is 0 Å². The van der Waals surface area contributed by atoms with Crippen LogP contribution in [0, 0.1) is 0 Å². The quantitative estimate of drug-likeness (QED) is 0.727. The van der Waals surface area contributed by atoms with Crippen LogP contribution < -0.4 is 16.0 Å². The molecule has 0 aliphatic rings. The summed E-state index contributed by atoms with van der Waals surface area (Å²) in [5.74, 6) is 0. The molecule has 0 fully saturated rings. The average Bonchev–Trinajstić information content (AvgIpc) is 2.88. The highest BCUT2D eigenvalue weighted by Crippen LogP contribution is 2.33. The summed E-state index contributed by atoms with van der Waals surface area (Å²) >= 11 is 3.25. The minimum atomic E-state index is 0.0518. The molecule has 0 atom stereocenters. The first-order chi connectivity index (χ1) is 9.26. The van der Waals surface area contributed by atoms with Crippen LogP contribution in [0.5, 0.6) is 0 Å². The van der Waals surface area contributed by atoms with E-state index >= 15 is 0 Å². The van der Waals surface area contributed by atoms with E-state index in [1.165, 1.54) is 0 Å². The molecule has 3 nitrogen and oxygen atoms in total. The third-order valence-electron chi connectivity index (χ3n) is 3.06. The van der Waals surface area contributed by atoms with Crippen LogP contribution in [-0.4, -0.2) is 15.0 Å². The van der Waals surface area contributed by atoms with Crippen LogP contribution >= 0.6 is 22.7 Å². The van der Waals surface area contributed by atoms with Crippen molar-refractivity contribution in [3.05, 3.63) is 39.4 Å². The lowest BCUT2D eigenvalue weighted by atomic mass is 10.1. The van der Waals surface area contributed by atoms with Gasteiger partial charge in [-0.05, 0) is 30.1 Å². The van der Waals surface area contributed by atoms with Crippen LogP contribution in [0.1, 0.15) is 5.56 Å². The number of benzene rings is 1. The van der Waals surface area contributed by atoms with E-state index in [0.29, 0.717) is 11.1 Å². The van der Waals surface area contributed by atoms with Crippen molar-refractivity contribution < 1.29 is 0 Å². The Morgan fingerprint density at radius 1 is 1.32 bits per heavy atom. The Morgan fingerprint density at radius 2 is 2.16 bits per heavy atom. The fraction of sp³-hybridized carbons (Fsp3) is 0.154. The molecular weight excluding hydrogens is 275 g/mol. The molecule has 0 unspecified atom stereocenters. The number of hydrogen-bond acceptors (Lipinski definition) is 5. The maximum Gasteiger partial charge on any atom is 0.222 e. The number of rotatable bonds is 3. The van der Waals surface area contributed by atoms with Crippen molar-refractivity contribution in [3.63, 3.8) is 0 Å². The first kappa shape index (κ1) is 12.7. The minimum absolute atomic E-state index is 0.0518. The lowest BCUT2D eigenvalue weighted by molar-refractivity contribution is 0.825. The molecule has 0 saturated heterocycles. The summed E-state index contributed by atoms with van der Waals surface area (Å²) in [6.07, 6.45) is 0. The second kappa shape index (κ2) is 4.96. The van der Waals surface area contributed by atoms with E-state index in [0.717, 1.165) is 26.2 Å². The molecule has 0 aliphatic heterocycles. The van der Waals surface area contributed by atoms with E-state index in [2.05, 4.69) is 10.5 Å². The molecule has 0 spiro atoms. The standard InChI is InChI=1S/C13H11BN2OS2/c1-15-6-7-2-3-9(16-14)10-11(17)8-4-5-18-13(8)19-12(7)10/h2-5,15-16H,6H2,1H3. The van der Waals surface area contributed by atoms with Crippen molar-refractivity contribution in [1.82, 2.24) is 5.32 Å². The Bertz CT molecular complexity index is 809. The Labute approximate surface area is 119 Å². The molecule has 6 heteroatoms. The van der Waals surface area contributed by atoms with Crippen molar-refractivity contribution in [1.29, 1.82) is 0 Å². The fourth-order valence-corrected chi connectivity index (χ4v) is 4.44. The number of fused-ring (bicyclic) bond motifs is 2. The van der Waals surface area contributed by atoms with Gasteiger partial charge in [-0.2, -0.15) is 0 Å². The van der Waals surface area contributed by atoms with Gasteiger partial charge in [-0.3, -0.25) is 4.79 Å². The summed E-state index contributed by atoms with van der Waals surface area (Å²) in [7, 11) is 7.43. The molecule has 2 aromatic heterocycles. The molecule has 2 N–H and O–H groups in total. The highest BCUT2D eigenvalue weighted by Gasteiger charge is 2.13. The molecule has 3 rings (SSSR count). The zero-order chi connectivity index (χ0) is 13.4. The van der Waals surface area contributed by atoms with Gasteiger partial charge in [0.1, 0.15) is 0 Å². The van der Waals surface area contributed by atoms with Gasteiger partial charge in [0.15, 0.2) is 5.43 Å². The summed E-state index contributed by atoms with van der Waals surface area (Å²) in [5.41, 5.74) is 1.86. The number of nitrogens with one attached hydrogen (secondary N) is 2. The smallest absolute Gasteiger partial charge is 0.222 e. The lowest BCUT2D eigenvalue weighted by Crippen LogP contribution is -2.09. The Morgan fingerprint density at radius 3 is 2.89 bits per heavy atom. The van der Waals surface area contributed by atoms with Crippen molar-refractivity contribution in [2.45, 2.75) is 6.54 Å². The van der Waals surface area contributed by atoms with Crippen LogP contribution in [0.15, 0.2) is 28.4 Å². The highest BCUT2D eigenvalue weighted by molar-refractivity contribution is 7.40. The second-order valence-corrected chi connectivity index (χ2v) is 6.40. The maximum atomic E-state index is 12.6. The number of thiophene rings is 1. The first-order valence-electron chi connectivity index (χ1n) is 5.83. The topological polar surface area (TPSA) is 41.1 Å². The predicted octanol–water partition coefficient (Wildman–Crippen LogP) is 2.69. The molecule has 0 aliphatic carbocycles. The monoisotopic (exact) mass is 286 g/mol. The van der Waals surface area contributed by atoms with Gasteiger partial charge in [0.05, 0.1) is 14.8 Å². The third kappa shape index (κ3) is 1.96. The second-order valence-electron chi connectivity index (χ2n) is 4.20. The molecule has 2 heterocycles. The van der Waals surface area contributed by atoms with Crippen LogP contribution in [0.25, 0.3) is 19.5 Å². The van der Waals surface area contributed by atoms with Crippen molar-refractivity contribution in [3.8, 4) is 0 Å². The Hall–Kier alpha value is -1.37. The molecular formula is C13H11BN2OS2. The molecule has 0 bridgehead atoms. The first-order valence-corrected chi connectivity index (χ1v) is 7.53. The summed E-state index contributed by atoms with van der Waals surface area (Å²) in [6, 6.07) is 5.74. The average molecular weight is 286 g/mol. The SMILES string of the molecule is [B]Nc1ccc(CNC)c2sc3sccc3c(=O)c12. The van der Waals surface area contributed by atoms with Gasteiger partial charge in [-0.1, -0.05) is 6.07 Å². The van der Waals surface area contributed by atoms with Gasteiger partial charge >= 0.3 is 0 Å². The van der Waals surface area contributed by atoms with E-state index in [1.54, 1.807) is 22.7 Å². The summed E-state index contributed by atoms with van der Waals surface area (Å²) < 4.78 is 2.06. The summed E-state index contributed by atoms with van der Waals surface area (Å²) in [6.45, 7) is 0.730. The van der Waals surface area contributed by atoms with Crippen LogP contribution in [0.2, 0.25) is 0 Å². The minimum Gasteiger partial charge on any atom is -0.437 e. The van der Waals surface area contributed by atoms with Crippen molar-refractivity contribution >= 4 is 55.8 Å². The molecule has 3 aromatic rings. The predicted molar refractivity (Wildman–Crippen MR) is 85.6 cm³/mol. The van der Waals surface area contributed by atoms with Gasteiger partial charge < -0.3 is 10.5 Å². The van der Waals surface area contributed by atoms with E-state index in [9.17, 15) is 4.79 Å². The highest BCUT2D eigenvalue weighted by atomic mass is 32.2. The Balaban J connectivity index is 2.50.